The number of hydrogen-bond donors (Lipinski definition) is 1. The number of esters is 2. The summed E-state index contributed by atoms with van der Waals surface area (Å²) in [5.74, 6) is -0.202. The minimum atomic E-state index is -0.894. The highest BCUT2D eigenvalue weighted by atomic mass is 16.5. The van der Waals surface area contributed by atoms with Gasteiger partial charge in [0.25, 0.3) is 0 Å². The van der Waals surface area contributed by atoms with Crippen molar-refractivity contribution < 1.29 is 28.6 Å². The quantitative estimate of drug-likeness (QED) is 0.438. The molecule has 0 saturated heterocycles. The first kappa shape index (κ1) is 26.9. The molecule has 0 saturated carbocycles. The lowest BCUT2D eigenvalue weighted by molar-refractivity contribution is -0.154. The van der Waals surface area contributed by atoms with Gasteiger partial charge in [-0.15, -0.1) is 0 Å². The van der Waals surface area contributed by atoms with Gasteiger partial charge in [-0.05, 0) is 47.6 Å². The topological polar surface area (TPSA) is 105 Å². The third-order valence-electron chi connectivity index (χ3n) is 5.35. The van der Waals surface area contributed by atoms with Crippen LogP contribution in [-0.4, -0.2) is 37.7 Å². The molecule has 1 amide bonds. The predicted molar refractivity (Wildman–Crippen MR) is 130 cm³/mol. The van der Waals surface area contributed by atoms with Gasteiger partial charge in [0.2, 0.25) is 5.91 Å². The fourth-order valence-corrected chi connectivity index (χ4v) is 3.58. The molecule has 2 aromatic carbocycles. The summed E-state index contributed by atoms with van der Waals surface area (Å²) in [5.41, 5.74) is 7.73. The van der Waals surface area contributed by atoms with Crippen molar-refractivity contribution in [3.63, 3.8) is 0 Å². The van der Waals surface area contributed by atoms with Gasteiger partial charge in [0, 0.05) is 25.7 Å². The summed E-state index contributed by atoms with van der Waals surface area (Å²) in [6.07, 6.45) is 0.965. The summed E-state index contributed by atoms with van der Waals surface area (Å²) in [5, 5.41) is 0. The molecule has 0 heterocycles. The number of primary amides is 1. The highest BCUT2D eigenvalue weighted by Crippen LogP contribution is 2.31. The Labute approximate surface area is 201 Å². The molecule has 2 aromatic rings. The molecule has 0 fully saturated rings. The first-order chi connectivity index (χ1) is 16.1. The number of amides is 1. The third-order valence-corrected chi connectivity index (χ3v) is 5.35. The Kier molecular flexibility index (Phi) is 10.1. The van der Waals surface area contributed by atoms with Crippen molar-refractivity contribution in [2.45, 2.75) is 47.0 Å². The lowest BCUT2D eigenvalue weighted by Gasteiger charge is -2.31. The lowest BCUT2D eigenvalue weighted by atomic mass is 9.80. The summed E-state index contributed by atoms with van der Waals surface area (Å²) in [4.78, 5) is 34.7. The molecule has 0 atom stereocenters. The average molecular weight is 470 g/mol. The number of carbonyl (C=O) groups is 3. The largest absolute Gasteiger partial charge is 0.493 e. The normalized spacial score (nSPS) is 11.2. The Balaban J connectivity index is 2.18. The zero-order chi connectivity index (χ0) is 25.1. The molecule has 0 aliphatic rings. The first-order valence-corrected chi connectivity index (χ1v) is 11.5. The lowest BCUT2D eigenvalue weighted by Crippen LogP contribution is -2.38. The van der Waals surface area contributed by atoms with Crippen molar-refractivity contribution in [3.05, 3.63) is 54.1 Å². The maximum Gasteiger partial charge on any atom is 0.302 e. The summed E-state index contributed by atoms with van der Waals surface area (Å²) >= 11 is 0. The number of ether oxygens (including phenoxy) is 3. The second-order valence-corrected chi connectivity index (χ2v) is 9.13. The van der Waals surface area contributed by atoms with Gasteiger partial charge in [0.05, 0.1) is 6.61 Å². The molecule has 34 heavy (non-hydrogen) atoms. The van der Waals surface area contributed by atoms with Crippen LogP contribution < -0.4 is 10.5 Å². The van der Waals surface area contributed by atoms with Gasteiger partial charge in [-0.1, -0.05) is 50.2 Å². The predicted octanol–water partition coefficient (Wildman–Crippen LogP) is 4.31. The van der Waals surface area contributed by atoms with Gasteiger partial charge in [-0.25, -0.2) is 0 Å². The van der Waals surface area contributed by atoms with Crippen LogP contribution in [0, 0.1) is 11.3 Å². The van der Waals surface area contributed by atoms with Crippen LogP contribution in [0.5, 0.6) is 5.75 Å². The maximum absolute atomic E-state index is 11.8. The fourth-order valence-electron chi connectivity index (χ4n) is 3.58. The van der Waals surface area contributed by atoms with Gasteiger partial charge in [0.1, 0.15) is 19.0 Å². The monoisotopic (exact) mass is 469 g/mol. The van der Waals surface area contributed by atoms with Gasteiger partial charge in [-0.3, -0.25) is 14.4 Å². The fraction of sp³-hybridized carbons (Fsp3) is 0.444. The smallest absolute Gasteiger partial charge is 0.302 e. The molecule has 7 heteroatoms. The van der Waals surface area contributed by atoms with Gasteiger partial charge in [0.15, 0.2) is 0 Å². The number of benzene rings is 2. The van der Waals surface area contributed by atoms with Crippen molar-refractivity contribution in [2.24, 2.45) is 17.1 Å². The highest BCUT2D eigenvalue weighted by molar-refractivity contribution is 5.75. The number of hydrogen-bond acceptors (Lipinski definition) is 6. The first-order valence-electron chi connectivity index (χ1n) is 11.5. The van der Waals surface area contributed by atoms with Crippen LogP contribution in [0.1, 0.15) is 46.1 Å². The standard InChI is InChI=1S/C27H35NO6/c1-19(2)16-32-25-10-8-23(9-11-25)24-7-5-6-22(14-24)12-13-27(15-26(28)31,17-33-20(3)29)18-34-21(4)30/h5-11,14,19H,12-13,15-18H2,1-4H3,(H2,28,31). The van der Waals surface area contributed by atoms with Crippen LogP contribution in [0.4, 0.5) is 0 Å². The molecule has 0 unspecified atom stereocenters. The Morgan fingerprint density at radius 3 is 2.06 bits per heavy atom. The van der Waals surface area contributed by atoms with E-state index in [1.165, 1.54) is 13.8 Å². The van der Waals surface area contributed by atoms with Crippen molar-refractivity contribution in [2.75, 3.05) is 19.8 Å². The molecule has 0 aliphatic carbocycles. The zero-order valence-corrected chi connectivity index (χ0v) is 20.5. The minimum absolute atomic E-state index is 0.0594. The summed E-state index contributed by atoms with van der Waals surface area (Å²) < 4.78 is 16.2. The van der Waals surface area contributed by atoms with E-state index < -0.39 is 23.3 Å². The summed E-state index contributed by atoms with van der Waals surface area (Å²) in [7, 11) is 0. The molecule has 0 bridgehead atoms. The minimum Gasteiger partial charge on any atom is -0.493 e. The third kappa shape index (κ3) is 9.25. The van der Waals surface area contributed by atoms with Crippen LogP contribution in [-0.2, 0) is 30.3 Å². The van der Waals surface area contributed by atoms with Crippen LogP contribution in [0.3, 0.4) is 0 Å². The molecule has 2 N–H and O–H groups in total. The number of nitrogens with two attached hydrogens (primary N) is 1. The molecular weight excluding hydrogens is 434 g/mol. The van der Waals surface area contributed by atoms with E-state index in [2.05, 4.69) is 19.9 Å². The Morgan fingerprint density at radius 1 is 0.912 bits per heavy atom. The molecule has 0 spiro atoms. The second kappa shape index (κ2) is 12.8. The van der Waals surface area contributed by atoms with Gasteiger partial charge in [-0.2, -0.15) is 0 Å². The molecular formula is C27H35NO6. The summed E-state index contributed by atoms with van der Waals surface area (Å²) in [6, 6.07) is 16.0. The van der Waals surface area contributed by atoms with Crippen LogP contribution in [0.2, 0.25) is 0 Å². The summed E-state index contributed by atoms with van der Waals surface area (Å²) in [6.45, 7) is 7.36. The highest BCUT2D eigenvalue weighted by Gasteiger charge is 2.35. The van der Waals surface area contributed by atoms with Crippen LogP contribution in [0.25, 0.3) is 11.1 Å². The van der Waals surface area contributed by atoms with Crippen molar-refractivity contribution in [3.8, 4) is 16.9 Å². The van der Waals surface area contributed by atoms with E-state index in [-0.39, 0.29) is 19.6 Å². The van der Waals surface area contributed by atoms with E-state index in [9.17, 15) is 14.4 Å². The van der Waals surface area contributed by atoms with Gasteiger partial charge >= 0.3 is 11.9 Å². The van der Waals surface area contributed by atoms with E-state index in [1.54, 1.807) is 0 Å². The van der Waals surface area contributed by atoms with Crippen LogP contribution in [0.15, 0.2) is 48.5 Å². The second-order valence-electron chi connectivity index (χ2n) is 9.13. The average Bonchev–Trinajstić information content (AvgIpc) is 2.79. The molecule has 0 radical (unpaired) electrons. The Morgan fingerprint density at radius 2 is 1.53 bits per heavy atom. The zero-order valence-electron chi connectivity index (χ0n) is 20.5. The van der Waals surface area contributed by atoms with Crippen LogP contribution >= 0.6 is 0 Å². The van der Waals surface area contributed by atoms with E-state index >= 15 is 0 Å². The molecule has 2 rings (SSSR count). The van der Waals surface area contributed by atoms with Crippen molar-refractivity contribution in [1.29, 1.82) is 0 Å². The van der Waals surface area contributed by atoms with E-state index in [1.807, 2.05) is 42.5 Å². The number of carbonyl (C=O) groups excluding carboxylic acids is 3. The maximum atomic E-state index is 11.8. The Hall–Kier alpha value is -3.35. The molecule has 184 valence electrons. The molecule has 0 aliphatic heterocycles. The van der Waals surface area contributed by atoms with Gasteiger partial charge < -0.3 is 19.9 Å². The molecule has 0 aromatic heterocycles. The Bertz CT molecular complexity index is 949. The number of rotatable bonds is 13. The van der Waals surface area contributed by atoms with E-state index in [0.717, 1.165) is 22.4 Å². The van der Waals surface area contributed by atoms with E-state index in [0.29, 0.717) is 25.4 Å². The van der Waals surface area contributed by atoms with Crippen molar-refractivity contribution >= 4 is 17.8 Å². The van der Waals surface area contributed by atoms with Crippen molar-refractivity contribution in [1.82, 2.24) is 0 Å². The molecule has 7 nitrogen and oxygen atoms in total. The SMILES string of the molecule is CC(=O)OCC(CCc1cccc(-c2ccc(OCC(C)C)cc2)c1)(COC(C)=O)CC(N)=O. The number of aryl methyl sites for hydroxylation is 1. The van der Waals surface area contributed by atoms with E-state index in [4.69, 9.17) is 19.9 Å².